The molecule has 0 aliphatic heterocycles. The Hall–Kier alpha value is -2.50. The fourth-order valence-electron chi connectivity index (χ4n) is 2.01. The Bertz CT molecular complexity index is 655. The van der Waals surface area contributed by atoms with Crippen LogP contribution in [0.5, 0.6) is 0 Å². The normalized spacial score (nSPS) is 11.1. The number of rotatable bonds is 3. The van der Waals surface area contributed by atoms with E-state index in [1.165, 1.54) is 0 Å². The molecule has 22 heavy (non-hydrogen) atoms. The average molecular weight is 301 g/mol. The lowest BCUT2D eigenvalue weighted by Crippen LogP contribution is -2.23. The molecule has 0 saturated heterocycles. The number of carbonyl (C=O) groups excluding carboxylic acids is 1. The summed E-state index contributed by atoms with van der Waals surface area (Å²) in [6, 6.07) is 7.36. The fraction of sp³-hybridized carbons (Fsp3) is 0.375. The molecule has 0 fully saturated rings. The largest absolute Gasteiger partial charge is 0.376 e. The smallest absolute Gasteiger partial charge is 0.323 e. The number of hydrogen-bond acceptors (Lipinski definition) is 3. The van der Waals surface area contributed by atoms with Gasteiger partial charge in [0, 0.05) is 20.3 Å². The number of hydrogen-bond donors (Lipinski definition) is 2. The van der Waals surface area contributed by atoms with E-state index in [2.05, 4.69) is 36.5 Å². The number of benzene rings is 1. The van der Waals surface area contributed by atoms with Crippen molar-refractivity contribution in [2.45, 2.75) is 26.3 Å². The van der Waals surface area contributed by atoms with E-state index >= 15 is 0 Å². The minimum atomic E-state index is -0.289. The van der Waals surface area contributed by atoms with Gasteiger partial charge in [-0.05, 0) is 32.9 Å². The molecule has 0 saturated carbocycles. The number of amides is 2. The van der Waals surface area contributed by atoms with Gasteiger partial charge in [0.15, 0.2) is 0 Å². The number of carbonyl (C=O) groups is 1. The fourth-order valence-corrected chi connectivity index (χ4v) is 2.01. The van der Waals surface area contributed by atoms with E-state index in [1.54, 1.807) is 6.20 Å². The van der Waals surface area contributed by atoms with E-state index in [-0.39, 0.29) is 11.6 Å². The van der Waals surface area contributed by atoms with Crippen LogP contribution in [-0.2, 0) is 5.54 Å². The van der Waals surface area contributed by atoms with Crippen LogP contribution in [0.25, 0.3) is 0 Å². The van der Waals surface area contributed by atoms with Gasteiger partial charge in [0.25, 0.3) is 0 Å². The highest BCUT2D eigenvalue weighted by Gasteiger charge is 2.15. The summed E-state index contributed by atoms with van der Waals surface area (Å²) in [4.78, 5) is 14.1. The van der Waals surface area contributed by atoms with Crippen molar-refractivity contribution in [2.24, 2.45) is 0 Å². The number of nitrogens with zero attached hydrogens (tertiary/aromatic N) is 3. The summed E-state index contributed by atoms with van der Waals surface area (Å²) in [5.74, 6) is 0. The van der Waals surface area contributed by atoms with Gasteiger partial charge in [-0.1, -0.05) is 12.1 Å². The molecule has 0 radical (unpaired) electrons. The second-order valence-corrected chi connectivity index (χ2v) is 6.34. The van der Waals surface area contributed by atoms with Crippen molar-refractivity contribution in [3.63, 3.8) is 0 Å². The quantitative estimate of drug-likeness (QED) is 0.914. The zero-order valence-corrected chi connectivity index (χ0v) is 13.7. The van der Waals surface area contributed by atoms with Crippen LogP contribution in [-0.4, -0.2) is 29.9 Å². The molecule has 0 bridgehead atoms. The van der Waals surface area contributed by atoms with Crippen molar-refractivity contribution in [1.82, 2.24) is 9.78 Å². The molecule has 2 rings (SSSR count). The summed E-state index contributed by atoms with van der Waals surface area (Å²) in [5.41, 5.74) is 2.25. The molecule has 1 heterocycles. The summed E-state index contributed by atoms with van der Waals surface area (Å²) in [5, 5.41) is 9.92. The van der Waals surface area contributed by atoms with Gasteiger partial charge in [0.05, 0.1) is 28.8 Å². The van der Waals surface area contributed by atoms with Crippen LogP contribution in [0.2, 0.25) is 0 Å². The van der Waals surface area contributed by atoms with Crippen LogP contribution < -0.4 is 15.5 Å². The Balaban J connectivity index is 2.06. The van der Waals surface area contributed by atoms with Gasteiger partial charge in [-0.2, -0.15) is 5.10 Å². The molecule has 118 valence electrons. The number of urea groups is 1. The standard InChI is InChI=1S/C16H23N5O/c1-16(2,3)21-11-12(10-17-21)18-15(22)19-13-8-6-7-9-14(13)20(4)5/h6-11H,1-5H3,(H2,18,19,22). The Morgan fingerprint density at radius 1 is 1.18 bits per heavy atom. The lowest BCUT2D eigenvalue weighted by Gasteiger charge is -2.19. The maximum atomic E-state index is 12.1. The molecule has 2 amide bonds. The molecule has 0 aliphatic carbocycles. The van der Waals surface area contributed by atoms with Gasteiger partial charge in [-0.25, -0.2) is 4.79 Å². The summed E-state index contributed by atoms with van der Waals surface area (Å²) >= 11 is 0. The molecule has 6 nitrogen and oxygen atoms in total. The average Bonchev–Trinajstić information content (AvgIpc) is 2.87. The molecule has 6 heteroatoms. The Morgan fingerprint density at radius 3 is 2.45 bits per heavy atom. The number of aromatic nitrogens is 2. The predicted molar refractivity (Wildman–Crippen MR) is 90.6 cm³/mol. The first-order valence-corrected chi connectivity index (χ1v) is 7.17. The summed E-state index contributed by atoms with van der Waals surface area (Å²) in [6.07, 6.45) is 3.46. The highest BCUT2D eigenvalue weighted by Crippen LogP contribution is 2.23. The Kier molecular flexibility index (Phi) is 4.40. The van der Waals surface area contributed by atoms with Gasteiger partial charge in [0.2, 0.25) is 0 Å². The van der Waals surface area contributed by atoms with Crippen molar-refractivity contribution in [3.05, 3.63) is 36.7 Å². The number of para-hydroxylation sites is 2. The van der Waals surface area contributed by atoms with Gasteiger partial charge in [-0.3, -0.25) is 4.68 Å². The molecular weight excluding hydrogens is 278 g/mol. The zero-order chi connectivity index (χ0) is 16.3. The third-order valence-electron chi connectivity index (χ3n) is 3.16. The molecule has 0 spiro atoms. The Labute approximate surface area is 131 Å². The molecule has 0 aliphatic rings. The highest BCUT2D eigenvalue weighted by atomic mass is 16.2. The van der Waals surface area contributed by atoms with Gasteiger partial charge in [0.1, 0.15) is 0 Å². The molecule has 0 unspecified atom stereocenters. The van der Waals surface area contributed by atoms with Crippen molar-refractivity contribution >= 4 is 23.1 Å². The minimum Gasteiger partial charge on any atom is -0.376 e. The highest BCUT2D eigenvalue weighted by molar-refractivity contribution is 6.01. The zero-order valence-electron chi connectivity index (χ0n) is 13.7. The number of anilines is 3. The maximum absolute atomic E-state index is 12.1. The molecule has 1 aromatic carbocycles. The van der Waals surface area contributed by atoms with Gasteiger partial charge < -0.3 is 15.5 Å². The first kappa shape index (κ1) is 15.9. The number of nitrogens with one attached hydrogen (secondary N) is 2. The SMILES string of the molecule is CN(C)c1ccccc1NC(=O)Nc1cnn(C(C)(C)C)c1. The van der Waals surface area contributed by atoms with E-state index in [9.17, 15) is 4.79 Å². The Morgan fingerprint density at radius 2 is 1.86 bits per heavy atom. The van der Waals surface area contributed by atoms with E-state index in [0.717, 1.165) is 11.4 Å². The van der Waals surface area contributed by atoms with Crippen LogP contribution in [0.1, 0.15) is 20.8 Å². The van der Waals surface area contributed by atoms with Crippen molar-refractivity contribution in [2.75, 3.05) is 29.6 Å². The third kappa shape index (κ3) is 3.78. The third-order valence-corrected chi connectivity index (χ3v) is 3.16. The van der Waals surface area contributed by atoms with Gasteiger partial charge in [-0.15, -0.1) is 0 Å². The minimum absolute atomic E-state index is 0.117. The van der Waals surface area contributed by atoms with Crippen LogP contribution in [0.4, 0.5) is 21.9 Å². The predicted octanol–water partition coefficient (Wildman–Crippen LogP) is 3.35. The summed E-state index contributed by atoms with van der Waals surface area (Å²) in [7, 11) is 3.87. The second-order valence-electron chi connectivity index (χ2n) is 6.34. The topological polar surface area (TPSA) is 62.2 Å². The van der Waals surface area contributed by atoms with Crippen molar-refractivity contribution in [1.29, 1.82) is 0 Å². The van der Waals surface area contributed by atoms with Crippen molar-refractivity contribution < 1.29 is 4.79 Å². The lowest BCUT2D eigenvalue weighted by atomic mass is 10.1. The van der Waals surface area contributed by atoms with E-state index in [0.29, 0.717) is 5.69 Å². The summed E-state index contributed by atoms with van der Waals surface area (Å²) in [6.45, 7) is 6.16. The van der Waals surface area contributed by atoms with Gasteiger partial charge >= 0.3 is 6.03 Å². The van der Waals surface area contributed by atoms with Crippen LogP contribution in [0.15, 0.2) is 36.7 Å². The maximum Gasteiger partial charge on any atom is 0.323 e. The van der Waals surface area contributed by atoms with Crippen LogP contribution in [0, 0.1) is 0 Å². The van der Waals surface area contributed by atoms with E-state index in [4.69, 9.17) is 0 Å². The molecule has 2 aromatic rings. The van der Waals surface area contributed by atoms with E-state index < -0.39 is 0 Å². The monoisotopic (exact) mass is 301 g/mol. The first-order chi connectivity index (χ1) is 10.3. The van der Waals surface area contributed by atoms with Crippen LogP contribution in [0.3, 0.4) is 0 Å². The molecular formula is C16H23N5O. The van der Waals surface area contributed by atoms with E-state index in [1.807, 2.05) is 54.1 Å². The summed E-state index contributed by atoms with van der Waals surface area (Å²) < 4.78 is 1.82. The second kappa shape index (κ2) is 6.09. The van der Waals surface area contributed by atoms with Crippen LogP contribution >= 0.6 is 0 Å². The van der Waals surface area contributed by atoms with Crippen molar-refractivity contribution in [3.8, 4) is 0 Å². The lowest BCUT2D eigenvalue weighted by molar-refractivity contribution is 0.262. The molecule has 2 N–H and O–H groups in total. The first-order valence-electron chi connectivity index (χ1n) is 7.17. The molecule has 0 atom stereocenters. The molecule has 1 aromatic heterocycles.